The van der Waals surface area contributed by atoms with Crippen LogP contribution >= 0.6 is 11.6 Å². The van der Waals surface area contributed by atoms with Crippen molar-refractivity contribution in [2.75, 3.05) is 6.54 Å². The summed E-state index contributed by atoms with van der Waals surface area (Å²) < 4.78 is 5.30. The monoisotopic (exact) mass is 253 g/mol. The summed E-state index contributed by atoms with van der Waals surface area (Å²) in [5, 5.41) is 0.649. The SMILES string of the molecule is NCC1(C(=O)OCc2cccc(Cl)c2)CCC1. The van der Waals surface area contributed by atoms with E-state index in [2.05, 4.69) is 0 Å². The summed E-state index contributed by atoms with van der Waals surface area (Å²) in [4.78, 5) is 11.9. The van der Waals surface area contributed by atoms with Gasteiger partial charge < -0.3 is 10.5 Å². The van der Waals surface area contributed by atoms with E-state index in [0.29, 0.717) is 11.6 Å². The zero-order valence-corrected chi connectivity index (χ0v) is 10.4. The maximum absolute atomic E-state index is 11.9. The molecule has 0 bridgehead atoms. The third-order valence-corrected chi connectivity index (χ3v) is 3.63. The van der Waals surface area contributed by atoms with Gasteiger partial charge in [0.25, 0.3) is 0 Å². The first-order valence-corrected chi connectivity index (χ1v) is 6.16. The van der Waals surface area contributed by atoms with Gasteiger partial charge in [-0.3, -0.25) is 4.79 Å². The van der Waals surface area contributed by atoms with Gasteiger partial charge in [-0.1, -0.05) is 30.2 Å². The van der Waals surface area contributed by atoms with Crippen LogP contribution in [0, 0.1) is 5.41 Å². The molecule has 0 aliphatic heterocycles. The minimum absolute atomic E-state index is 0.175. The van der Waals surface area contributed by atoms with E-state index in [9.17, 15) is 4.79 Å². The van der Waals surface area contributed by atoms with Gasteiger partial charge in [0.15, 0.2) is 0 Å². The first-order chi connectivity index (χ1) is 8.16. The minimum atomic E-state index is -0.418. The average Bonchev–Trinajstić information content (AvgIpc) is 2.26. The molecule has 0 atom stereocenters. The number of carbonyl (C=O) groups is 1. The van der Waals surface area contributed by atoms with Crippen molar-refractivity contribution in [3.63, 3.8) is 0 Å². The van der Waals surface area contributed by atoms with E-state index >= 15 is 0 Å². The molecule has 0 spiro atoms. The molecular formula is C13H16ClNO2. The number of rotatable bonds is 4. The fraction of sp³-hybridized carbons (Fsp3) is 0.462. The highest BCUT2D eigenvalue weighted by Gasteiger charge is 2.44. The number of carbonyl (C=O) groups excluding carboxylic acids is 1. The molecule has 0 unspecified atom stereocenters. The Bertz CT molecular complexity index is 410. The molecule has 4 heteroatoms. The van der Waals surface area contributed by atoms with Gasteiger partial charge in [-0.2, -0.15) is 0 Å². The number of benzene rings is 1. The van der Waals surface area contributed by atoms with E-state index in [-0.39, 0.29) is 12.6 Å². The van der Waals surface area contributed by atoms with Crippen LogP contribution in [-0.4, -0.2) is 12.5 Å². The van der Waals surface area contributed by atoms with E-state index in [1.807, 2.05) is 12.1 Å². The first kappa shape index (κ1) is 12.4. The van der Waals surface area contributed by atoms with Gasteiger partial charge >= 0.3 is 5.97 Å². The van der Waals surface area contributed by atoms with Crippen LogP contribution in [0.3, 0.4) is 0 Å². The Balaban J connectivity index is 1.92. The smallest absolute Gasteiger partial charge is 0.313 e. The largest absolute Gasteiger partial charge is 0.460 e. The summed E-state index contributed by atoms with van der Waals surface area (Å²) in [7, 11) is 0. The summed E-state index contributed by atoms with van der Waals surface area (Å²) in [5.41, 5.74) is 6.12. The summed E-state index contributed by atoms with van der Waals surface area (Å²) in [6.07, 6.45) is 2.75. The highest BCUT2D eigenvalue weighted by Crippen LogP contribution is 2.41. The first-order valence-electron chi connectivity index (χ1n) is 5.78. The number of hydrogen-bond donors (Lipinski definition) is 1. The molecule has 17 heavy (non-hydrogen) atoms. The zero-order valence-electron chi connectivity index (χ0n) is 9.62. The Hall–Kier alpha value is -1.06. The maximum Gasteiger partial charge on any atom is 0.313 e. The Morgan fingerprint density at radius 3 is 2.76 bits per heavy atom. The van der Waals surface area contributed by atoms with E-state index in [1.165, 1.54) is 0 Å². The Morgan fingerprint density at radius 2 is 2.24 bits per heavy atom. The van der Waals surface area contributed by atoms with Crippen molar-refractivity contribution in [1.82, 2.24) is 0 Å². The van der Waals surface area contributed by atoms with Gasteiger partial charge in [-0.05, 0) is 30.5 Å². The molecule has 3 nitrogen and oxygen atoms in total. The lowest BCUT2D eigenvalue weighted by Gasteiger charge is -2.37. The average molecular weight is 254 g/mol. The van der Waals surface area contributed by atoms with Gasteiger partial charge in [0.2, 0.25) is 0 Å². The fourth-order valence-electron chi connectivity index (χ4n) is 2.02. The summed E-state index contributed by atoms with van der Waals surface area (Å²) in [6.45, 7) is 0.641. The lowest BCUT2D eigenvalue weighted by molar-refractivity contribution is -0.162. The molecule has 1 aromatic rings. The van der Waals surface area contributed by atoms with Crippen LogP contribution in [0.15, 0.2) is 24.3 Å². The van der Waals surface area contributed by atoms with E-state index in [1.54, 1.807) is 12.1 Å². The topological polar surface area (TPSA) is 52.3 Å². The predicted molar refractivity (Wildman–Crippen MR) is 66.6 cm³/mol. The van der Waals surface area contributed by atoms with Crippen molar-refractivity contribution in [1.29, 1.82) is 0 Å². The number of ether oxygens (including phenoxy) is 1. The van der Waals surface area contributed by atoms with Crippen molar-refractivity contribution < 1.29 is 9.53 Å². The molecule has 0 aromatic heterocycles. The van der Waals surface area contributed by atoms with Crippen LogP contribution in [0.1, 0.15) is 24.8 Å². The van der Waals surface area contributed by atoms with Gasteiger partial charge in [-0.15, -0.1) is 0 Å². The van der Waals surface area contributed by atoms with Gasteiger partial charge in [0.1, 0.15) is 6.61 Å². The second-order valence-corrected chi connectivity index (χ2v) is 4.98. The second-order valence-electron chi connectivity index (χ2n) is 4.54. The van der Waals surface area contributed by atoms with E-state index in [0.717, 1.165) is 24.8 Å². The molecule has 1 fully saturated rings. The molecule has 2 rings (SSSR count). The molecule has 0 amide bonds. The van der Waals surface area contributed by atoms with Crippen LogP contribution in [0.5, 0.6) is 0 Å². The van der Waals surface area contributed by atoms with Crippen LogP contribution < -0.4 is 5.73 Å². The Kier molecular flexibility index (Phi) is 3.69. The van der Waals surface area contributed by atoms with E-state index in [4.69, 9.17) is 22.1 Å². The van der Waals surface area contributed by atoms with Crippen LogP contribution in [0.4, 0.5) is 0 Å². The lowest BCUT2D eigenvalue weighted by atomic mass is 9.69. The number of hydrogen-bond acceptors (Lipinski definition) is 3. The summed E-state index contributed by atoms with van der Waals surface area (Å²) >= 11 is 5.86. The fourth-order valence-corrected chi connectivity index (χ4v) is 2.24. The number of nitrogens with two attached hydrogens (primary N) is 1. The van der Waals surface area contributed by atoms with Crippen molar-refractivity contribution >= 4 is 17.6 Å². The standard InChI is InChI=1S/C13H16ClNO2/c14-11-4-1-3-10(7-11)8-17-12(16)13(9-15)5-2-6-13/h1,3-4,7H,2,5-6,8-9,15H2. The minimum Gasteiger partial charge on any atom is -0.460 e. The molecule has 92 valence electrons. The molecule has 1 aliphatic carbocycles. The molecular weight excluding hydrogens is 238 g/mol. The van der Waals surface area contributed by atoms with E-state index < -0.39 is 5.41 Å². The summed E-state index contributed by atoms with van der Waals surface area (Å²) in [5.74, 6) is -0.175. The quantitative estimate of drug-likeness (QED) is 0.839. The Morgan fingerprint density at radius 1 is 1.47 bits per heavy atom. The lowest BCUT2D eigenvalue weighted by Crippen LogP contribution is -2.45. The van der Waals surface area contributed by atoms with Crippen molar-refractivity contribution in [2.24, 2.45) is 11.1 Å². The number of halogens is 1. The molecule has 2 N–H and O–H groups in total. The molecule has 1 aromatic carbocycles. The van der Waals surface area contributed by atoms with Crippen LogP contribution in [0.2, 0.25) is 5.02 Å². The second kappa shape index (κ2) is 5.07. The highest BCUT2D eigenvalue weighted by atomic mass is 35.5. The highest BCUT2D eigenvalue weighted by molar-refractivity contribution is 6.30. The number of esters is 1. The van der Waals surface area contributed by atoms with Crippen molar-refractivity contribution in [2.45, 2.75) is 25.9 Å². The third-order valence-electron chi connectivity index (χ3n) is 3.39. The van der Waals surface area contributed by atoms with Gasteiger partial charge in [0.05, 0.1) is 5.41 Å². The predicted octanol–water partition coefficient (Wildman–Crippen LogP) is 2.51. The molecule has 1 aliphatic rings. The molecule has 0 radical (unpaired) electrons. The third kappa shape index (κ3) is 2.61. The van der Waals surface area contributed by atoms with Crippen LogP contribution in [-0.2, 0) is 16.1 Å². The van der Waals surface area contributed by atoms with Crippen molar-refractivity contribution in [3.8, 4) is 0 Å². The molecule has 0 heterocycles. The zero-order chi connectivity index (χ0) is 12.3. The van der Waals surface area contributed by atoms with Gasteiger partial charge in [0, 0.05) is 11.6 Å². The molecule has 1 saturated carbocycles. The van der Waals surface area contributed by atoms with Crippen molar-refractivity contribution in [3.05, 3.63) is 34.9 Å². The van der Waals surface area contributed by atoms with Crippen LogP contribution in [0.25, 0.3) is 0 Å². The van der Waals surface area contributed by atoms with Gasteiger partial charge in [-0.25, -0.2) is 0 Å². The normalized spacial score (nSPS) is 17.3. The summed E-state index contributed by atoms with van der Waals surface area (Å²) in [6, 6.07) is 7.31. The maximum atomic E-state index is 11.9. The Labute approximate surface area is 106 Å². The molecule has 0 saturated heterocycles.